The van der Waals surface area contributed by atoms with Crippen LogP contribution in [0.3, 0.4) is 0 Å². The van der Waals surface area contributed by atoms with Crippen molar-refractivity contribution in [2.75, 3.05) is 13.1 Å². The summed E-state index contributed by atoms with van der Waals surface area (Å²) in [4.78, 5) is 29.5. The van der Waals surface area contributed by atoms with Gasteiger partial charge in [-0.15, -0.1) is 0 Å². The number of aliphatic carboxylic acids is 1. The Kier molecular flexibility index (Phi) is 3.55. The molecule has 1 aliphatic heterocycles. The molecule has 0 unspecified atom stereocenters. The maximum absolute atomic E-state index is 12.7. The number of hydrogen-bond donors (Lipinski definition) is 1. The summed E-state index contributed by atoms with van der Waals surface area (Å²) in [7, 11) is 0. The quantitative estimate of drug-likeness (QED) is 0.920. The fourth-order valence-corrected chi connectivity index (χ4v) is 2.93. The fraction of sp³-hybridized carbons (Fsp3) is 0.357. The Bertz CT molecular complexity index is 713. The number of hydrogen-bond acceptors (Lipinski definition) is 3. The average molecular weight is 308 g/mol. The lowest BCUT2D eigenvalue weighted by Gasteiger charge is -2.30. The summed E-state index contributed by atoms with van der Waals surface area (Å²) in [5.41, 5.74) is 0.885. The van der Waals surface area contributed by atoms with Gasteiger partial charge >= 0.3 is 5.97 Å². The third-order valence-corrected chi connectivity index (χ3v) is 4.01. The van der Waals surface area contributed by atoms with E-state index in [9.17, 15) is 9.59 Å². The van der Waals surface area contributed by atoms with Gasteiger partial charge in [-0.1, -0.05) is 17.7 Å². The van der Waals surface area contributed by atoms with Crippen LogP contribution in [0.2, 0.25) is 5.15 Å². The van der Waals surface area contributed by atoms with Crippen molar-refractivity contribution < 1.29 is 14.7 Å². The lowest BCUT2D eigenvalue weighted by molar-refractivity contribution is -0.143. The zero-order valence-corrected chi connectivity index (χ0v) is 12.0. The molecule has 1 N–H and O–H groups in total. The second kappa shape index (κ2) is 5.37. The smallest absolute Gasteiger partial charge is 0.308 e. The van der Waals surface area contributed by atoms with Crippen LogP contribution in [-0.4, -0.2) is 44.4 Å². The molecule has 3 rings (SSSR count). The van der Waals surface area contributed by atoms with Gasteiger partial charge in [0, 0.05) is 19.3 Å². The van der Waals surface area contributed by atoms with E-state index in [4.69, 9.17) is 16.7 Å². The Hall–Kier alpha value is -2.08. The SMILES string of the molecule is O=C(O)[C@@H]1CCCN(C(=O)c2c(Cl)nc3ccccn23)C1. The van der Waals surface area contributed by atoms with Crippen molar-refractivity contribution in [1.29, 1.82) is 0 Å². The van der Waals surface area contributed by atoms with Crippen LogP contribution in [0.25, 0.3) is 5.65 Å². The van der Waals surface area contributed by atoms with E-state index in [-0.39, 0.29) is 17.6 Å². The van der Waals surface area contributed by atoms with Crippen molar-refractivity contribution in [3.63, 3.8) is 0 Å². The van der Waals surface area contributed by atoms with E-state index in [1.54, 1.807) is 27.6 Å². The Labute approximate surface area is 125 Å². The molecule has 21 heavy (non-hydrogen) atoms. The molecule has 2 aromatic heterocycles. The van der Waals surface area contributed by atoms with Crippen molar-refractivity contribution in [2.24, 2.45) is 5.92 Å². The Morgan fingerprint density at radius 1 is 1.38 bits per heavy atom. The number of carbonyl (C=O) groups is 2. The lowest BCUT2D eigenvalue weighted by Crippen LogP contribution is -2.42. The minimum absolute atomic E-state index is 0.142. The average Bonchev–Trinajstić information content (AvgIpc) is 2.82. The van der Waals surface area contributed by atoms with Gasteiger partial charge in [-0.3, -0.25) is 14.0 Å². The van der Waals surface area contributed by atoms with Gasteiger partial charge in [0.15, 0.2) is 10.8 Å². The predicted octanol–water partition coefficient (Wildman–Crippen LogP) is 1.92. The number of fused-ring (bicyclic) bond motifs is 1. The summed E-state index contributed by atoms with van der Waals surface area (Å²) in [6, 6.07) is 5.37. The minimum atomic E-state index is -0.864. The second-order valence-electron chi connectivity index (χ2n) is 5.11. The van der Waals surface area contributed by atoms with E-state index < -0.39 is 11.9 Å². The number of amides is 1. The minimum Gasteiger partial charge on any atom is -0.481 e. The van der Waals surface area contributed by atoms with Crippen LogP contribution < -0.4 is 0 Å². The third kappa shape index (κ3) is 2.47. The molecule has 0 aliphatic carbocycles. The first-order chi connectivity index (χ1) is 10.1. The van der Waals surface area contributed by atoms with E-state index in [1.807, 2.05) is 6.07 Å². The third-order valence-electron chi connectivity index (χ3n) is 3.75. The first kappa shape index (κ1) is 13.9. The molecule has 1 atom stereocenters. The van der Waals surface area contributed by atoms with Crippen molar-refractivity contribution in [3.05, 3.63) is 35.2 Å². The van der Waals surface area contributed by atoms with E-state index in [0.29, 0.717) is 30.7 Å². The molecule has 110 valence electrons. The van der Waals surface area contributed by atoms with Crippen LogP contribution in [0.15, 0.2) is 24.4 Å². The van der Waals surface area contributed by atoms with E-state index in [0.717, 1.165) is 0 Å². The van der Waals surface area contributed by atoms with Gasteiger partial charge in [-0.05, 0) is 25.0 Å². The number of pyridine rings is 1. The van der Waals surface area contributed by atoms with Crippen LogP contribution in [0, 0.1) is 5.92 Å². The highest BCUT2D eigenvalue weighted by Gasteiger charge is 2.31. The van der Waals surface area contributed by atoms with E-state index >= 15 is 0 Å². The Balaban J connectivity index is 1.93. The summed E-state index contributed by atoms with van der Waals surface area (Å²) < 4.78 is 1.63. The zero-order chi connectivity index (χ0) is 15.0. The van der Waals surface area contributed by atoms with Crippen molar-refractivity contribution in [1.82, 2.24) is 14.3 Å². The second-order valence-corrected chi connectivity index (χ2v) is 5.47. The highest BCUT2D eigenvalue weighted by Crippen LogP contribution is 2.23. The number of piperidine rings is 1. The number of carboxylic acids is 1. The summed E-state index contributed by atoms with van der Waals surface area (Å²) in [6.45, 7) is 0.754. The van der Waals surface area contributed by atoms with E-state index in [2.05, 4.69) is 4.98 Å². The van der Waals surface area contributed by atoms with Gasteiger partial charge in [0.25, 0.3) is 5.91 Å². The summed E-state index contributed by atoms with van der Waals surface area (Å²) in [5, 5.41) is 9.26. The molecule has 0 spiro atoms. The molecular formula is C14H14ClN3O3. The molecule has 1 aliphatic rings. The van der Waals surface area contributed by atoms with Gasteiger partial charge in [-0.25, -0.2) is 4.98 Å². The molecule has 7 heteroatoms. The summed E-state index contributed by atoms with van der Waals surface area (Å²) >= 11 is 6.08. The summed E-state index contributed by atoms with van der Waals surface area (Å²) in [6.07, 6.45) is 3.00. The van der Waals surface area contributed by atoms with Crippen LogP contribution in [0.4, 0.5) is 0 Å². The topological polar surface area (TPSA) is 74.9 Å². The number of aromatic nitrogens is 2. The first-order valence-electron chi connectivity index (χ1n) is 6.72. The largest absolute Gasteiger partial charge is 0.481 e. The van der Waals surface area contributed by atoms with Gasteiger partial charge in [-0.2, -0.15) is 0 Å². The molecular weight excluding hydrogens is 294 g/mol. The number of likely N-dealkylation sites (tertiary alicyclic amines) is 1. The maximum atomic E-state index is 12.7. The molecule has 2 aromatic rings. The normalized spacial score (nSPS) is 18.9. The van der Waals surface area contributed by atoms with Gasteiger partial charge in [0.1, 0.15) is 5.65 Å². The van der Waals surface area contributed by atoms with Crippen LogP contribution in [0.1, 0.15) is 23.3 Å². The van der Waals surface area contributed by atoms with Crippen molar-refractivity contribution in [2.45, 2.75) is 12.8 Å². The van der Waals surface area contributed by atoms with Gasteiger partial charge < -0.3 is 10.0 Å². The highest BCUT2D eigenvalue weighted by molar-refractivity contribution is 6.32. The zero-order valence-electron chi connectivity index (χ0n) is 11.2. The molecule has 0 bridgehead atoms. The number of nitrogens with zero attached hydrogens (tertiary/aromatic N) is 3. The molecule has 6 nitrogen and oxygen atoms in total. The predicted molar refractivity (Wildman–Crippen MR) is 76.5 cm³/mol. The maximum Gasteiger partial charge on any atom is 0.308 e. The van der Waals surface area contributed by atoms with Crippen molar-refractivity contribution >= 4 is 29.1 Å². The number of rotatable bonds is 2. The number of imidazole rings is 1. The Morgan fingerprint density at radius 3 is 2.95 bits per heavy atom. The van der Waals surface area contributed by atoms with Crippen LogP contribution >= 0.6 is 11.6 Å². The van der Waals surface area contributed by atoms with E-state index in [1.165, 1.54) is 0 Å². The van der Waals surface area contributed by atoms with Crippen LogP contribution in [0.5, 0.6) is 0 Å². The molecule has 1 amide bonds. The molecule has 0 aromatic carbocycles. The number of carbonyl (C=O) groups excluding carboxylic acids is 1. The molecule has 0 radical (unpaired) electrons. The fourth-order valence-electron chi connectivity index (χ4n) is 2.67. The number of carboxylic acid groups (broad SMARTS) is 1. The first-order valence-corrected chi connectivity index (χ1v) is 7.10. The standard InChI is InChI=1S/C14H14ClN3O3/c15-12-11(18-7-2-1-5-10(18)16-12)13(19)17-6-3-4-9(8-17)14(20)21/h1-2,5,7,9H,3-4,6,8H2,(H,20,21)/t9-/m1/s1. The lowest BCUT2D eigenvalue weighted by atomic mass is 9.98. The summed E-state index contributed by atoms with van der Waals surface area (Å²) in [5.74, 6) is -1.65. The highest BCUT2D eigenvalue weighted by atomic mass is 35.5. The Morgan fingerprint density at radius 2 is 2.19 bits per heavy atom. The molecule has 3 heterocycles. The van der Waals surface area contributed by atoms with Gasteiger partial charge in [0.2, 0.25) is 0 Å². The molecule has 1 fully saturated rings. The number of halogens is 1. The van der Waals surface area contributed by atoms with Crippen LogP contribution in [-0.2, 0) is 4.79 Å². The molecule has 0 saturated carbocycles. The monoisotopic (exact) mass is 307 g/mol. The molecule has 1 saturated heterocycles. The van der Waals surface area contributed by atoms with Crippen molar-refractivity contribution in [3.8, 4) is 0 Å². The van der Waals surface area contributed by atoms with Gasteiger partial charge in [0.05, 0.1) is 5.92 Å².